The van der Waals surface area contributed by atoms with Gasteiger partial charge in [0.05, 0.1) is 12.2 Å². The Kier molecular flexibility index (Phi) is 3.28. The first-order valence-corrected chi connectivity index (χ1v) is 6.62. The van der Waals surface area contributed by atoms with Gasteiger partial charge in [-0.25, -0.2) is 4.98 Å². The summed E-state index contributed by atoms with van der Waals surface area (Å²) in [7, 11) is 0. The largest absolute Gasteiger partial charge is 0.364 e. The number of aryl methyl sites for hydroxylation is 2. The number of nitrogens with zero attached hydrogens (tertiary/aromatic N) is 5. The third-order valence-corrected chi connectivity index (χ3v) is 3.18. The van der Waals surface area contributed by atoms with Crippen LogP contribution in [0.25, 0.3) is 5.78 Å². The molecule has 0 radical (unpaired) electrons. The predicted octanol–water partition coefficient (Wildman–Crippen LogP) is 2.00. The topological polar surface area (TPSA) is 68.0 Å². The molecule has 0 atom stereocenters. The Bertz CT molecular complexity index is 733. The van der Waals surface area contributed by atoms with Gasteiger partial charge >= 0.3 is 0 Å². The third-order valence-electron chi connectivity index (χ3n) is 3.18. The average molecular weight is 268 g/mol. The monoisotopic (exact) mass is 268 g/mol. The van der Waals surface area contributed by atoms with Crippen molar-refractivity contribution in [3.05, 3.63) is 47.7 Å². The van der Waals surface area contributed by atoms with Crippen molar-refractivity contribution in [3.8, 4) is 0 Å². The molecule has 1 N–H and O–H groups in total. The molecule has 3 heterocycles. The van der Waals surface area contributed by atoms with Gasteiger partial charge in [-0.1, -0.05) is 13.0 Å². The molecule has 0 aliphatic carbocycles. The number of hydrogen-bond donors (Lipinski definition) is 1. The SMILES string of the molecule is CCc1cccnc1CNc1cc(C)nc2ncnn12. The zero-order valence-corrected chi connectivity index (χ0v) is 11.5. The second-order valence-corrected chi connectivity index (χ2v) is 4.57. The van der Waals surface area contributed by atoms with Crippen molar-refractivity contribution < 1.29 is 0 Å². The van der Waals surface area contributed by atoms with E-state index < -0.39 is 0 Å². The Balaban J connectivity index is 1.88. The van der Waals surface area contributed by atoms with E-state index in [0.717, 1.165) is 23.6 Å². The van der Waals surface area contributed by atoms with Crippen molar-refractivity contribution in [1.29, 1.82) is 0 Å². The maximum Gasteiger partial charge on any atom is 0.254 e. The predicted molar refractivity (Wildman–Crippen MR) is 76.5 cm³/mol. The minimum Gasteiger partial charge on any atom is -0.364 e. The Morgan fingerprint density at radius 2 is 2.20 bits per heavy atom. The van der Waals surface area contributed by atoms with Gasteiger partial charge in [-0.2, -0.15) is 14.6 Å². The van der Waals surface area contributed by atoms with Gasteiger partial charge in [-0.15, -0.1) is 0 Å². The van der Waals surface area contributed by atoms with Crippen LogP contribution < -0.4 is 5.32 Å². The maximum atomic E-state index is 4.43. The Morgan fingerprint density at radius 3 is 3.05 bits per heavy atom. The minimum atomic E-state index is 0.601. The summed E-state index contributed by atoms with van der Waals surface area (Å²) in [4.78, 5) is 12.9. The Hall–Kier alpha value is -2.50. The number of fused-ring (bicyclic) bond motifs is 1. The van der Waals surface area contributed by atoms with Gasteiger partial charge in [-0.3, -0.25) is 4.98 Å². The standard InChI is InChI=1S/C14H16N6/c1-3-11-5-4-6-15-12(11)8-16-13-7-10(2)19-14-17-9-18-20(13)14/h4-7,9,16H,3,8H2,1-2H3. The van der Waals surface area contributed by atoms with E-state index in [1.54, 1.807) is 4.52 Å². The smallest absolute Gasteiger partial charge is 0.254 e. The molecule has 0 spiro atoms. The van der Waals surface area contributed by atoms with E-state index >= 15 is 0 Å². The summed E-state index contributed by atoms with van der Waals surface area (Å²) in [6.45, 7) is 4.73. The quantitative estimate of drug-likeness (QED) is 0.784. The van der Waals surface area contributed by atoms with Gasteiger partial charge < -0.3 is 5.32 Å². The summed E-state index contributed by atoms with van der Waals surface area (Å²) in [5, 5.41) is 7.54. The maximum absolute atomic E-state index is 4.43. The second-order valence-electron chi connectivity index (χ2n) is 4.57. The first kappa shape index (κ1) is 12.5. The molecule has 3 aromatic rings. The fourth-order valence-corrected chi connectivity index (χ4v) is 2.18. The molecule has 0 saturated carbocycles. The van der Waals surface area contributed by atoms with E-state index in [-0.39, 0.29) is 0 Å². The van der Waals surface area contributed by atoms with E-state index in [1.165, 1.54) is 11.9 Å². The normalized spacial score (nSPS) is 10.9. The molecule has 0 amide bonds. The van der Waals surface area contributed by atoms with Crippen molar-refractivity contribution in [2.45, 2.75) is 26.8 Å². The zero-order chi connectivity index (χ0) is 13.9. The summed E-state index contributed by atoms with van der Waals surface area (Å²) in [6, 6.07) is 6.03. The molecular formula is C14H16N6. The van der Waals surface area contributed by atoms with Crippen LogP contribution >= 0.6 is 0 Å². The van der Waals surface area contributed by atoms with Crippen LogP contribution in [0.3, 0.4) is 0 Å². The van der Waals surface area contributed by atoms with E-state index in [0.29, 0.717) is 12.3 Å². The fraction of sp³-hybridized carbons (Fsp3) is 0.286. The van der Waals surface area contributed by atoms with Crippen LogP contribution in [-0.2, 0) is 13.0 Å². The van der Waals surface area contributed by atoms with Crippen LogP contribution in [-0.4, -0.2) is 24.6 Å². The highest BCUT2D eigenvalue weighted by atomic mass is 15.3. The number of nitrogens with one attached hydrogen (secondary N) is 1. The highest BCUT2D eigenvalue weighted by molar-refractivity contribution is 5.45. The second kappa shape index (κ2) is 5.24. The molecule has 3 aromatic heterocycles. The summed E-state index contributed by atoms with van der Waals surface area (Å²) in [5.74, 6) is 1.47. The summed E-state index contributed by atoms with van der Waals surface area (Å²) >= 11 is 0. The van der Waals surface area contributed by atoms with Gasteiger partial charge in [0.1, 0.15) is 12.1 Å². The van der Waals surface area contributed by atoms with Crippen LogP contribution in [0.1, 0.15) is 23.9 Å². The Labute approximate surface area is 116 Å². The van der Waals surface area contributed by atoms with Gasteiger partial charge in [-0.05, 0) is 25.0 Å². The average Bonchev–Trinajstić information content (AvgIpc) is 2.93. The molecule has 3 rings (SSSR count). The van der Waals surface area contributed by atoms with Crippen LogP contribution in [0.15, 0.2) is 30.7 Å². The molecule has 0 aromatic carbocycles. The van der Waals surface area contributed by atoms with Crippen molar-refractivity contribution in [2.24, 2.45) is 0 Å². The van der Waals surface area contributed by atoms with E-state index in [9.17, 15) is 0 Å². The molecule has 20 heavy (non-hydrogen) atoms. The van der Waals surface area contributed by atoms with Crippen molar-refractivity contribution in [3.63, 3.8) is 0 Å². The fourth-order valence-electron chi connectivity index (χ4n) is 2.18. The van der Waals surface area contributed by atoms with Gasteiger partial charge in [0.15, 0.2) is 0 Å². The molecule has 0 saturated heterocycles. The molecule has 6 nitrogen and oxygen atoms in total. The van der Waals surface area contributed by atoms with Crippen LogP contribution in [0.4, 0.5) is 5.82 Å². The lowest BCUT2D eigenvalue weighted by Gasteiger charge is -2.10. The lowest BCUT2D eigenvalue weighted by atomic mass is 10.1. The summed E-state index contributed by atoms with van der Waals surface area (Å²) in [5.41, 5.74) is 3.21. The summed E-state index contributed by atoms with van der Waals surface area (Å²) < 4.78 is 1.70. The number of aromatic nitrogens is 5. The lowest BCUT2D eigenvalue weighted by Crippen LogP contribution is -2.09. The van der Waals surface area contributed by atoms with Gasteiger partial charge in [0, 0.05) is 18.0 Å². The highest BCUT2D eigenvalue weighted by Gasteiger charge is 2.07. The molecule has 0 aliphatic heterocycles. The van der Waals surface area contributed by atoms with E-state index in [1.807, 2.05) is 25.3 Å². The van der Waals surface area contributed by atoms with Crippen LogP contribution in [0, 0.1) is 6.92 Å². The minimum absolute atomic E-state index is 0.601. The first-order chi connectivity index (χ1) is 9.78. The summed E-state index contributed by atoms with van der Waals surface area (Å²) in [6.07, 6.45) is 4.29. The van der Waals surface area contributed by atoms with Crippen molar-refractivity contribution in [1.82, 2.24) is 24.6 Å². The van der Waals surface area contributed by atoms with Crippen LogP contribution in [0.2, 0.25) is 0 Å². The molecule has 0 bridgehead atoms. The van der Waals surface area contributed by atoms with Crippen molar-refractivity contribution in [2.75, 3.05) is 5.32 Å². The van der Waals surface area contributed by atoms with E-state index in [4.69, 9.17) is 0 Å². The molecular weight excluding hydrogens is 252 g/mol. The number of pyridine rings is 1. The number of hydrogen-bond acceptors (Lipinski definition) is 5. The number of anilines is 1. The van der Waals surface area contributed by atoms with Gasteiger partial charge in [0.2, 0.25) is 0 Å². The Morgan fingerprint density at radius 1 is 1.30 bits per heavy atom. The molecule has 102 valence electrons. The zero-order valence-electron chi connectivity index (χ0n) is 11.5. The van der Waals surface area contributed by atoms with Crippen molar-refractivity contribution >= 4 is 11.6 Å². The highest BCUT2D eigenvalue weighted by Crippen LogP contribution is 2.13. The van der Waals surface area contributed by atoms with E-state index in [2.05, 4.69) is 38.4 Å². The molecule has 0 unspecified atom stereocenters. The molecule has 6 heteroatoms. The van der Waals surface area contributed by atoms with Gasteiger partial charge in [0.25, 0.3) is 5.78 Å². The molecule has 0 fully saturated rings. The lowest BCUT2D eigenvalue weighted by molar-refractivity contribution is 0.899. The third kappa shape index (κ3) is 2.32. The molecule has 0 aliphatic rings. The van der Waals surface area contributed by atoms with Crippen LogP contribution in [0.5, 0.6) is 0 Å². The number of rotatable bonds is 4. The first-order valence-electron chi connectivity index (χ1n) is 6.62.